The van der Waals surface area contributed by atoms with Crippen LogP contribution in [0.2, 0.25) is 15.1 Å². The Morgan fingerprint density at radius 1 is 0.886 bits per heavy atom. The normalized spacial score (nSPS) is 15.3. The summed E-state index contributed by atoms with van der Waals surface area (Å²) in [5.74, 6) is -1.46. The molecule has 0 aromatic heterocycles. The van der Waals surface area contributed by atoms with E-state index in [1.807, 2.05) is 0 Å². The van der Waals surface area contributed by atoms with E-state index in [1.165, 1.54) is 28.1 Å². The molecular formula is C24H17Cl3N4O3S. The number of carbonyl (C=O) groups is 3. The zero-order valence-corrected chi connectivity index (χ0v) is 21.0. The Morgan fingerprint density at radius 2 is 1.51 bits per heavy atom. The summed E-state index contributed by atoms with van der Waals surface area (Å²) < 4.78 is 0. The van der Waals surface area contributed by atoms with Gasteiger partial charge in [0.15, 0.2) is 0 Å². The Morgan fingerprint density at radius 3 is 2.14 bits per heavy atom. The second-order valence-electron chi connectivity index (χ2n) is 7.54. The summed E-state index contributed by atoms with van der Waals surface area (Å²) in [5, 5.41) is 5.09. The van der Waals surface area contributed by atoms with Gasteiger partial charge in [0.05, 0.1) is 12.1 Å². The van der Waals surface area contributed by atoms with Gasteiger partial charge in [-0.15, -0.1) is 0 Å². The molecule has 1 heterocycles. The maximum atomic E-state index is 13.4. The van der Waals surface area contributed by atoms with Gasteiger partial charge in [-0.1, -0.05) is 53.0 Å². The highest BCUT2D eigenvalue weighted by atomic mass is 35.5. The molecule has 1 aliphatic rings. The smallest absolute Gasteiger partial charge is 0.269 e. The highest BCUT2D eigenvalue weighted by Crippen LogP contribution is 2.28. The van der Waals surface area contributed by atoms with Crippen LogP contribution in [-0.2, 0) is 9.59 Å². The number of hydrogen-bond donors (Lipinski definition) is 2. The number of rotatable bonds is 6. The van der Waals surface area contributed by atoms with E-state index in [1.54, 1.807) is 54.6 Å². The number of benzene rings is 3. The Bertz CT molecular complexity index is 1280. The molecule has 1 atom stereocenters. The number of halogens is 3. The molecule has 178 valence electrons. The van der Waals surface area contributed by atoms with Crippen molar-refractivity contribution >= 4 is 81.2 Å². The monoisotopic (exact) mass is 546 g/mol. The number of hydrazine groups is 1. The lowest BCUT2D eigenvalue weighted by Gasteiger charge is -2.24. The molecule has 4 rings (SSSR count). The van der Waals surface area contributed by atoms with Crippen LogP contribution < -0.4 is 15.6 Å². The van der Waals surface area contributed by atoms with Gasteiger partial charge in [-0.25, -0.2) is 5.01 Å². The van der Waals surface area contributed by atoms with Crippen molar-refractivity contribution in [3.63, 3.8) is 0 Å². The van der Waals surface area contributed by atoms with Crippen molar-refractivity contribution < 1.29 is 14.4 Å². The summed E-state index contributed by atoms with van der Waals surface area (Å²) in [5.41, 5.74) is 3.85. The van der Waals surface area contributed by atoms with Gasteiger partial charge >= 0.3 is 0 Å². The van der Waals surface area contributed by atoms with Crippen molar-refractivity contribution in [3.05, 3.63) is 93.4 Å². The van der Waals surface area contributed by atoms with Crippen LogP contribution in [0.15, 0.2) is 72.8 Å². The van der Waals surface area contributed by atoms with Crippen LogP contribution in [0.1, 0.15) is 16.8 Å². The number of carbonyl (C=O) groups excluding carboxylic acids is 3. The molecule has 2 N–H and O–H groups in total. The Hall–Kier alpha value is -3.17. The van der Waals surface area contributed by atoms with Gasteiger partial charge in [-0.05, 0) is 66.8 Å². The van der Waals surface area contributed by atoms with E-state index in [-0.39, 0.29) is 11.5 Å². The maximum absolute atomic E-state index is 13.4. The van der Waals surface area contributed by atoms with Crippen molar-refractivity contribution in [2.75, 3.05) is 10.2 Å². The zero-order valence-electron chi connectivity index (χ0n) is 17.9. The summed E-state index contributed by atoms with van der Waals surface area (Å²) in [7, 11) is 0. The third-order valence-electron chi connectivity index (χ3n) is 5.08. The standard InChI is InChI=1S/C24H17Cl3N4O3S/c25-15-6-8-19(9-7-15)30-23(34)20(13-21(32)28-18-11-16(26)10-17(27)12-18)31(24(30)35)29-22(33)14-4-2-1-3-5-14/h1-12,20H,13H2,(H,28,32)(H,29,33). The average molecular weight is 548 g/mol. The third-order valence-corrected chi connectivity index (χ3v) is 6.15. The molecule has 0 spiro atoms. The summed E-state index contributed by atoms with van der Waals surface area (Å²) in [6.45, 7) is 0. The van der Waals surface area contributed by atoms with Crippen LogP contribution >= 0.6 is 47.0 Å². The van der Waals surface area contributed by atoms with Gasteiger partial charge < -0.3 is 5.32 Å². The summed E-state index contributed by atoms with van der Waals surface area (Å²) in [6, 6.07) is 18.4. The van der Waals surface area contributed by atoms with E-state index in [2.05, 4.69) is 10.7 Å². The minimum atomic E-state index is -1.10. The number of anilines is 2. The van der Waals surface area contributed by atoms with E-state index in [0.717, 1.165) is 0 Å². The fraction of sp³-hybridized carbons (Fsp3) is 0.0833. The fourth-order valence-electron chi connectivity index (χ4n) is 3.50. The summed E-state index contributed by atoms with van der Waals surface area (Å²) in [6.07, 6.45) is -0.303. The molecular weight excluding hydrogens is 531 g/mol. The SMILES string of the molecule is O=C(CC1C(=O)N(c2ccc(Cl)cc2)C(=S)N1NC(=O)c1ccccc1)Nc1cc(Cl)cc(Cl)c1. The number of amides is 3. The molecule has 35 heavy (non-hydrogen) atoms. The maximum Gasteiger partial charge on any atom is 0.269 e. The topological polar surface area (TPSA) is 81.8 Å². The first-order valence-corrected chi connectivity index (χ1v) is 11.8. The van der Waals surface area contributed by atoms with Crippen LogP contribution in [-0.4, -0.2) is 33.9 Å². The second kappa shape index (κ2) is 10.6. The third kappa shape index (κ3) is 5.74. The number of nitrogens with zero attached hydrogens (tertiary/aromatic N) is 2. The van der Waals surface area contributed by atoms with E-state index in [9.17, 15) is 14.4 Å². The molecule has 0 bridgehead atoms. The quantitative estimate of drug-likeness (QED) is 0.408. The molecule has 11 heteroatoms. The Balaban J connectivity index is 1.60. The second-order valence-corrected chi connectivity index (χ2v) is 9.21. The molecule has 1 saturated heterocycles. The lowest BCUT2D eigenvalue weighted by molar-refractivity contribution is -0.124. The minimum Gasteiger partial charge on any atom is -0.326 e. The highest BCUT2D eigenvalue weighted by Gasteiger charge is 2.45. The highest BCUT2D eigenvalue weighted by molar-refractivity contribution is 7.80. The van der Waals surface area contributed by atoms with E-state index < -0.39 is 23.8 Å². The van der Waals surface area contributed by atoms with Crippen LogP contribution in [0, 0.1) is 0 Å². The molecule has 1 unspecified atom stereocenters. The molecule has 1 fully saturated rings. The van der Waals surface area contributed by atoms with Gasteiger partial charge in [0.2, 0.25) is 11.0 Å². The predicted octanol–water partition coefficient (Wildman–Crippen LogP) is 5.32. The zero-order chi connectivity index (χ0) is 25.1. The lowest BCUT2D eigenvalue weighted by Crippen LogP contribution is -2.49. The van der Waals surface area contributed by atoms with Crippen LogP contribution in [0.5, 0.6) is 0 Å². The van der Waals surface area contributed by atoms with Crippen molar-refractivity contribution in [3.8, 4) is 0 Å². The van der Waals surface area contributed by atoms with Crippen molar-refractivity contribution in [1.29, 1.82) is 0 Å². The van der Waals surface area contributed by atoms with Crippen LogP contribution in [0.25, 0.3) is 0 Å². The minimum absolute atomic E-state index is 0.0187. The Kier molecular flexibility index (Phi) is 7.57. The molecule has 0 radical (unpaired) electrons. The Labute approximate surface area is 221 Å². The first-order valence-electron chi connectivity index (χ1n) is 10.3. The molecule has 0 aliphatic carbocycles. The summed E-state index contributed by atoms with van der Waals surface area (Å²) in [4.78, 5) is 40.4. The fourth-order valence-corrected chi connectivity index (χ4v) is 4.52. The van der Waals surface area contributed by atoms with Gasteiger partial charge in [-0.2, -0.15) is 0 Å². The van der Waals surface area contributed by atoms with Gasteiger partial charge in [0.25, 0.3) is 11.8 Å². The summed E-state index contributed by atoms with van der Waals surface area (Å²) >= 11 is 23.5. The molecule has 7 nitrogen and oxygen atoms in total. The van der Waals surface area contributed by atoms with Crippen LogP contribution in [0.3, 0.4) is 0 Å². The lowest BCUT2D eigenvalue weighted by atomic mass is 10.1. The van der Waals surface area contributed by atoms with Gasteiger partial charge in [-0.3, -0.25) is 24.7 Å². The molecule has 3 aromatic carbocycles. The number of nitrogens with one attached hydrogen (secondary N) is 2. The van der Waals surface area contributed by atoms with E-state index in [0.29, 0.717) is 32.0 Å². The molecule has 0 saturated carbocycles. The van der Waals surface area contributed by atoms with Crippen molar-refractivity contribution in [2.45, 2.75) is 12.5 Å². The van der Waals surface area contributed by atoms with E-state index >= 15 is 0 Å². The molecule has 1 aliphatic heterocycles. The van der Waals surface area contributed by atoms with Crippen molar-refractivity contribution in [2.24, 2.45) is 0 Å². The number of hydrogen-bond acceptors (Lipinski definition) is 4. The van der Waals surface area contributed by atoms with Crippen molar-refractivity contribution in [1.82, 2.24) is 10.4 Å². The molecule has 3 aromatic rings. The first-order chi connectivity index (χ1) is 16.7. The van der Waals surface area contributed by atoms with E-state index in [4.69, 9.17) is 47.0 Å². The predicted molar refractivity (Wildman–Crippen MR) is 141 cm³/mol. The van der Waals surface area contributed by atoms with Gasteiger partial charge in [0.1, 0.15) is 6.04 Å². The first kappa shape index (κ1) is 24.9. The number of thiocarbonyl (C=S) groups is 1. The molecule has 3 amide bonds. The average Bonchev–Trinajstić information content (AvgIpc) is 3.03. The van der Waals surface area contributed by atoms with Crippen LogP contribution in [0.4, 0.5) is 11.4 Å². The van der Waals surface area contributed by atoms with Gasteiger partial charge in [0, 0.05) is 26.3 Å². The largest absolute Gasteiger partial charge is 0.326 e.